The molecule has 20 heavy (non-hydrogen) atoms. The van der Waals surface area contributed by atoms with E-state index in [0.29, 0.717) is 18.4 Å². The number of carbonyl (C=O) groups excluding carboxylic acids is 1. The monoisotopic (exact) mass is 294 g/mol. The molecule has 0 aromatic carbocycles. The van der Waals surface area contributed by atoms with Gasteiger partial charge in [0.05, 0.1) is 12.0 Å². The second-order valence-corrected chi connectivity index (χ2v) is 5.40. The third-order valence-electron chi connectivity index (χ3n) is 2.56. The molecule has 2 heterocycles. The van der Waals surface area contributed by atoms with E-state index in [0.717, 1.165) is 21.6 Å². The van der Waals surface area contributed by atoms with E-state index in [1.807, 2.05) is 19.9 Å². The largest absolute Gasteiger partial charge is 0.465 e. The number of carbonyl (C=O) groups is 1. The van der Waals surface area contributed by atoms with E-state index in [1.54, 1.807) is 18.3 Å². The number of aryl methyl sites for hydroxylation is 1. The molecule has 2 aromatic heterocycles. The van der Waals surface area contributed by atoms with Gasteiger partial charge in [-0.1, -0.05) is 0 Å². The Morgan fingerprint density at radius 3 is 2.85 bits per heavy atom. The highest BCUT2D eigenvalue weighted by Crippen LogP contribution is 2.29. The SMILES string of the molecule is CCNc1nc(NCC(=O)OCC)c2cc(C)sc2n1. The Hall–Kier alpha value is -1.89. The van der Waals surface area contributed by atoms with Gasteiger partial charge in [-0.15, -0.1) is 11.3 Å². The summed E-state index contributed by atoms with van der Waals surface area (Å²) < 4.78 is 4.90. The minimum Gasteiger partial charge on any atom is -0.465 e. The van der Waals surface area contributed by atoms with Crippen LogP contribution in [0.5, 0.6) is 0 Å². The zero-order valence-corrected chi connectivity index (χ0v) is 12.6. The number of esters is 1. The zero-order chi connectivity index (χ0) is 14.5. The molecule has 0 spiro atoms. The first-order chi connectivity index (χ1) is 9.63. The maximum absolute atomic E-state index is 11.4. The third kappa shape index (κ3) is 3.36. The van der Waals surface area contributed by atoms with E-state index in [1.165, 1.54) is 0 Å². The Labute approximate surface area is 121 Å². The predicted molar refractivity (Wildman–Crippen MR) is 81.4 cm³/mol. The molecule has 2 rings (SSSR count). The fraction of sp³-hybridized carbons (Fsp3) is 0.462. The van der Waals surface area contributed by atoms with Crippen LogP contribution in [0, 0.1) is 6.92 Å². The molecule has 2 N–H and O–H groups in total. The summed E-state index contributed by atoms with van der Waals surface area (Å²) in [5.41, 5.74) is 0. The van der Waals surface area contributed by atoms with E-state index in [-0.39, 0.29) is 12.5 Å². The van der Waals surface area contributed by atoms with Crippen LogP contribution in [-0.4, -0.2) is 35.6 Å². The van der Waals surface area contributed by atoms with Gasteiger partial charge in [-0.2, -0.15) is 4.98 Å². The number of hydrogen-bond acceptors (Lipinski definition) is 7. The summed E-state index contributed by atoms with van der Waals surface area (Å²) in [6, 6.07) is 2.02. The second-order valence-electron chi connectivity index (χ2n) is 4.16. The summed E-state index contributed by atoms with van der Waals surface area (Å²) in [7, 11) is 0. The van der Waals surface area contributed by atoms with Gasteiger partial charge >= 0.3 is 5.97 Å². The quantitative estimate of drug-likeness (QED) is 0.797. The van der Waals surface area contributed by atoms with Gasteiger partial charge in [0, 0.05) is 11.4 Å². The summed E-state index contributed by atoms with van der Waals surface area (Å²) in [5.74, 6) is 0.924. The number of hydrogen-bond donors (Lipinski definition) is 2. The molecule has 0 aliphatic carbocycles. The molecular weight excluding hydrogens is 276 g/mol. The van der Waals surface area contributed by atoms with Gasteiger partial charge in [0.1, 0.15) is 17.2 Å². The smallest absolute Gasteiger partial charge is 0.325 e. The number of rotatable bonds is 6. The van der Waals surface area contributed by atoms with Gasteiger partial charge in [0.15, 0.2) is 0 Å². The summed E-state index contributed by atoms with van der Waals surface area (Å²) >= 11 is 1.60. The lowest BCUT2D eigenvalue weighted by atomic mass is 10.3. The molecule has 0 amide bonds. The normalized spacial score (nSPS) is 10.6. The van der Waals surface area contributed by atoms with Gasteiger partial charge in [0.2, 0.25) is 5.95 Å². The number of thiophene rings is 1. The van der Waals surface area contributed by atoms with Crippen LogP contribution in [0.1, 0.15) is 18.7 Å². The molecule has 7 heteroatoms. The second kappa shape index (κ2) is 6.51. The molecule has 0 radical (unpaired) electrons. The van der Waals surface area contributed by atoms with Crippen LogP contribution in [0.15, 0.2) is 6.07 Å². The first-order valence-electron chi connectivity index (χ1n) is 6.55. The molecule has 0 unspecified atom stereocenters. The van der Waals surface area contributed by atoms with Crippen LogP contribution < -0.4 is 10.6 Å². The highest BCUT2D eigenvalue weighted by atomic mass is 32.1. The van der Waals surface area contributed by atoms with Crippen molar-refractivity contribution in [1.82, 2.24) is 9.97 Å². The lowest BCUT2D eigenvalue weighted by Crippen LogP contribution is -2.18. The topological polar surface area (TPSA) is 76.1 Å². The van der Waals surface area contributed by atoms with E-state index in [2.05, 4.69) is 20.6 Å². The predicted octanol–water partition coefficient (Wildman–Crippen LogP) is 2.41. The standard InChI is InChI=1S/C13H18N4O2S/c1-4-14-13-16-11(15-7-10(18)19-5-2)9-6-8(3)20-12(9)17-13/h6H,4-5,7H2,1-3H3,(H2,14,15,16,17). The fourth-order valence-corrected chi connectivity index (χ4v) is 2.66. The van der Waals surface area contributed by atoms with Gasteiger partial charge < -0.3 is 15.4 Å². The van der Waals surface area contributed by atoms with E-state index in [4.69, 9.17) is 4.74 Å². The summed E-state index contributed by atoms with van der Waals surface area (Å²) in [5, 5.41) is 7.04. The van der Waals surface area contributed by atoms with E-state index < -0.39 is 0 Å². The molecule has 6 nitrogen and oxygen atoms in total. The molecule has 0 fully saturated rings. The number of fused-ring (bicyclic) bond motifs is 1. The Morgan fingerprint density at radius 1 is 1.35 bits per heavy atom. The van der Waals surface area contributed by atoms with Crippen molar-refractivity contribution in [2.24, 2.45) is 0 Å². The van der Waals surface area contributed by atoms with Crippen LogP contribution in [0.4, 0.5) is 11.8 Å². The average molecular weight is 294 g/mol. The summed E-state index contributed by atoms with van der Waals surface area (Å²) in [6.45, 7) is 7.01. The number of ether oxygens (including phenoxy) is 1. The van der Waals surface area contributed by atoms with Gasteiger partial charge in [-0.25, -0.2) is 4.98 Å². The van der Waals surface area contributed by atoms with Gasteiger partial charge in [0.25, 0.3) is 0 Å². The molecule has 0 aliphatic heterocycles. The molecule has 0 bridgehead atoms. The number of aromatic nitrogens is 2. The fourth-order valence-electron chi connectivity index (χ4n) is 1.78. The average Bonchev–Trinajstić information content (AvgIpc) is 2.77. The Kier molecular flexibility index (Phi) is 4.73. The van der Waals surface area contributed by atoms with Crippen molar-refractivity contribution >= 4 is 39.3 Å². The van der Waals surface area contributed by atoms with Crippen LogP contribution in [-0.2, 0) is 9.53 Å². The number of anilines is 2. The van der Waals surface area contributed by atoms with Crippen molar-refractivity contribution < 1.29 is 9.53 Å². The zero-order valence-electron chi connectivity index (χ0n) is 11.8. The number of nitrogens with one attached hydrogen (secondary N) is 2. The highest BCUT2D eigenvalue weighted by molar-refractivity contribution is 7.18. The summed E-state index contributed by atoms with van der Waals surface area (Å²) in [4.78, 5) is 22.3. The molecule has 0 saturated carbocycles. The van der Waals surface area contributed by atoms with Crippen molar-refractivity contribution in [1.29, 1.82) is 0 Å². The lowest BCUT2D eigenvalue weighted by molar-refractivity contribution is -0.140. The Balaban J connectivity index is 2.26. The Morgan fingerprint density at radius 2 is 2.15 bits per heavy atom. The van der Waals surface area contributed by atoms with Crippen LogP contribution >= 0.6 is 11.3 Å². The van der Waals surface area contributed by atoms with Crippen LogP contribution in [0.2, 0.25) is 0 Å². The summed E-state index contributed by atoms with van der Waals surface area (Å²) in [6.07, 6.45) is 0. The molecule has 108 valence electrons. The molecule has 0 atom stereocenters. The minimum atomic E-state index is -0.295. The van der Waals surface area contributed by atoms with Crippen molar-refractivity contribution in [3.8, 4) is 0 Å². The maximum atomic E-state index is 11.4. The van der Waals surface area contributed by atoms with Gasteiger partial charge in [-0.3, -0.25) is 4.79 Å². The first kappa shape index (κ1) is 14.5. The number of nitrogens with zero attached hydrogens (tertiary/aromatic N) is 2. The van der Waals surface area contributed by atoms with Crippen LogP contribution in [0.3, 0.4) is 0 Å². The van der Waals surface area contributed by atoms with E-state index in [9.17, 15) is 4.79 Å². The van der Waals surface area contributed by atoms with Crippen molar-refractivity contribution in [3.05, 3.63) is 10.9 Å². The highest BCUT2D eigenvalue weighted by Gasteiger charge is 2.11. The lowest BCUT2D eigenvalue weighted by Gasteiger charge is -2.08. The van der Waals surface area contributed by atoms with Crippen molar-refractivity contribution in [2.75, 3.05) is 30.3 Å². The first-order valence-corrected chi connectivity index (χ1v) is 7.37. The molecular formula is C13H18N4O2S. The maximum Gasteiger partial charge on any atom is 0.325 e. The van der Waals surface area contributed by atoms with Crippen molar-refractivity contribution in [2.45, 2.75) is 20.8 Å². The van der Waals surface area contributed by atoms with E-state index >= 15 is 0 Å². The molecule has 0 aliphatic rings. The molecule has 0 saturated heterocycles. The third-order valence-corrected chi connectivity index (χ3v) is 3.50. The van der Waals surface area contributed by atoms with Gasteiger partial charge in [-0.05, 0) is 26.8 Å². The van der Waals surface area contributed by atoms with Crippen molar-refractivity contribution in [3.63, 3.8) is 0 Å². The Bertz CT molecular complexity index is 612. The minimum absolute atomic E-state index is 0.0976. The molecule has 2 aromatic rings. The van der Waals surface area contributed by atoms with Crippen LogP contribution in [0.25, 0.3) is 10.2 Å².